The molecule has 1 aliphatic heterocycles. The predicted molar refractivity (Wildman–Crippen MR) is 92.9 cm³/mol. The van der Waals surface area contributed by atoms with Crippen LogP contribution in [0.1, 0.15) is 25.3 Å². The minimum atomic E-state index is -1.64. The van der Waals surface area contributed by atoms with Gasteiger partial charge in [-0.05, 0) is 31.5 Å². The first kappa shape index (κ1) is 18.0. The highest BCUT2D eigenvalue weighted by Gasteiger charge is 2.93. The second-order valence-electron chi connectivity index (χ2n) is 5.88. The number of hydrogen-bond acceptors (Lipinski definition) is 6. The van der Waals surface area contributed by atoms with E-state index < -0.39 is 22.7 Å². The molecule has 3 rings (SSSR count). The van der Waals surface area contributed by atoms with Crippen LogP contribution in [0.5, 0.6) is 0 Å². The molecule has 0 spiro atoms. The molecule has 2 N–H and O–H groups in total. The molecule has 0 amide bonds. The summed E-state index contributed by atoms with van der Waals surface area (Å²) in [6, 6.07) is 9.34. The molecule has 8 heteroatoms. The van der Waals surface area contributed by atoms with Gasteiger partial charge in [0.1, 0.15) is 11.3 Å². The van der Waals surface area contributed by atoms with Crippen molar-refractivity contribution in [2.45, 2.75) is 25.7 Å². The average molecular weight is 379 g/mol. The molecule has 25 heavy (non-hydrogen) atoms. The number of halogens is 2. The molecule has 2 aliphatic rings. The summed E-state index contributed by atoms with van der Waals surface area (Å²) >= 11 is 12.3. The van der Waals surface area contributed by atoms with Crippen LogP contribution in [-0.2, 0) is 9.47 Å². The second kappa shape index (κ2) is 5.86. The Hall–Kier alpha value is -1.83. The van der Waals surface area contributed by atoms with Crippen LogP contribution < -0.4 is 5.73 Å². The van der Waals surface area contributed by atoms with Gasteiger partial charge < -0.3 is 15.2 Å². The van der Waals surface area contributed by atoms with Crippen molar-refractivity contribution in [3.8, 4) is 12.1 Å². The third-order valence-electron chi connectivity index (χ3n) is 4.88. The Balaban J connectivity index is 2.25. The van der Waals surface area contributed by atoms with Gasteiger partial charge in [0.05, 0.1) is 12.1 Å². The molecule has 0 unspecified atom stereocenters. The fraction of sp³-hybridized carbons (Fsp3) is 0.471. The van der Waals surface area contributed by atoms with Gasteiger partial charge in [-0.2, -0.15) is 10.5 Å². The Morgan fingerprint density at radius 2 is 1.84 bits per heavy atom. The maximum Gasteiger partial charge on any atom is 0.293 e. The number of ether oxygens (including phenoxy) is 2. The molecule has 1 saturated carbocycles. The third-order valence-corrected chi connectivity index (χ3v) is 5.44. The number of nitrogens with two attached hydrogens (primary N) is 1. The van der Waals surface area contributed by atoms with Gasteiger partial charge in [0.2, 0.25) is 0 Å². The number of nitrogens with zero attached hydrogens (tertiary/aromatic N) is 3. The molecule has 3 atom stereocenters. The Kier molecular flexibility index (Phi) is 4.21. The first-order valence-corrected chi connectivity index (χ1v) is 8.57. The quantitative estimate of drug-likeness (QED) is 0.791. The van der Waals surface area contributed by atoms with E-state index in [-0.39, 0.29) is 19.0 Å². The highest BCUT2D eigenvalue weighted by Crippen LogP contribution is 2.82. The molecule has 6 nitrogen and oxygen atoms in total. The molecule has 1 aromatic carbocycles. The fourth-order valence-corrected chi connectivity index (χ4v) is 4.47. The van der Waals surface area contributed by atoms with Crippen LogP contribution in [-0.4, -0.2) is 25.0 Å². The van der Waals surface area contributed by atoms with Crippen LogP contribution in [0.25, 0.3) is 0 Å². The number of nitriles is 2. The number of rotatable bonds is 5. The van der Waals surface area contributed by atoms with Crippen LogP contribution in [0.4, 0.5) is 0 Å². The highest BCUT2D eigenvalue weighted by molar-refractivity contribution is 6.35. The molecule has 0 saturated heterocycles. The number of aliphatic imine (C=N–C) groups is 1. The molecule has 0 aromatic heterocycles. The van der Waals surface area contributed by atoms with Crippen molar-refractivity contribution in [3.63, 3.8) is 0 Å². The monoisotopic (exact) mass is 378 g/mol. The summed E-state index contributed by atoms with van der Waals surface area (Å²) in [5, 5.41) is 20.8. The van der Waals surface area contributed by atoms with Gasteiger partial charge in [-0.1, -0.05) is 29.3 Å². The minimum absolute atomic E-state index is 0.0227. The van der Waals surface area contributed by atoms with Crippen molar-refractivity contribution in [1.29, 1.82) is 10.5 Å². The van der Waals surface area contributed by atoms with Gasteiger partial charge in [0, 0.05) is 29.2 Å². The topological polar surface area (TPSA) is 104 Å². The summed E-state index contributed by atoms with van der Waals surface area (Å²) in [6.07, 6.45) is 0. The van der Waals surface area contributed by atoms with Gasteiger partial charge in [-0.3, -0.25) is 0 Å². The second-order valence-corrected chi connectivity index (χ2v) is 6.73. The first-order valence-electron chi connectivity index (χ1n) is 7.81. The van der Waals surface area contributed by atoms with E-state index in [1.165, 1.54) is 0 Å². The van der Waals surface area contributed by atoms with Crippen molar-refractivity contribution in [2.24, 2.45) is 21.6 Å². The molecule has 130 valence electrons. The van der Waals surface area contributed by atoms with Crippen LogP contribution >= 0.6 is 23.2 Å². The van der Waals surface area contributed by atoms with E-state index in [2.05, 4.69) is 17.1 Å². The van der Waals surface area contributed by atoms with Crippen LogP contribution in [0.2, 0.25) is 10.0 Å². The Bertz CT molecular complexity index is 838. The summed E-state index contributed by atoms with van der Waals surface area (Å²) in [6.45, 7) is 4.00. The van der Waals surface area contributed by atoms with Crippen LogP contribution in [0.15, 0.2) is 23.2 Å². The van der Waals surface area contributed by atoms with Crippen LogP contribution in [0.3, 0.4) is 0 Å². The van der Waals surface area contributed by atoms with Gasteiger partial charge in [-0.15, -0.1) is 0 Å². The lowest BCUT2D eigenvalue weighted by molar-refractivity contribution is -0.255. The molecule has 0 bridgehead atoms. The van der Waals surface area contributed by atoms with Crippen molar-refractivity contribution >= 4 is 29.0 Å². The number of benzene rings is 1. The SMILES string of the molecule is CCOC1(OCC)N=C(N)[C@@]2(C#N)[C@H](c3ccc(Cl)cc3Cl)[C@@]12C#N. The first-order chi connectivity index (χ1) is 11.9. The van der Waals surface area contributed by atoms with E-state index in [0.717, 1.165) is 0 Å². The molecule has 1 aliphatic carbocycles. The number of fused-ring (bicyclic) bond motifs is 1. The molecule has 1 fully saturated rings. The summed E-state index contributed by atoms with van der Waals surface area (Å²) in [5.74, 6) is -2.25. The fourth-order valence-electron chi connectivity index (χ4n) is 3.95. The van der Waals surface area contributed by atoms with Gasteiger partial charge in [0.15, 0.2) is 5.41 Å². The van der Waals surface area contributed by atoms with E-state index in [0.29, 0.717) is 15.6 Å². The summed E-state index contributed by atoms with van der Waals surface area (Å²) < 4.78 is 11.5. The number of amidine groups is 1. The van der Waals surface area contributed by atoms with Crippen molar-refractivity contribution in [3.05, 3.63) is 33.8 Å². The average Bonchev–Trinajstić information content (AvgIpc) is 3.13. The maximum atomic E-state index is 10.1. The smallest absolute Gasteiger partial charge is 0.293 e. The normalized spacial score (nSPS) is 31.6. The zero-order valence-electron chi connectivity index (χ0n) is 13.7. The van der Waals surface area contributed by atoms with Crippen molar-refractivity contribution in [2.75, 3.05) is 13.2 Å². The maximum absolute atomic E-state index is 10.1. The molecular weight excluding hydrogens is 363 g/mol. The van der Waals surface area contributed by atoms with Crippen molar-refractivity contribution < 1.29 is 9.47 Å². The summed E-state index contributed by atoms with van der Waals surface area (Å²) in [4.78, 5) is 4.28. The van der Waals surface area contributed by atoms with Crippen LogP contribution in [0, 0.1) is 33.5 Å². The van der Waals surface area contributed by atoms with E-state index in [9.17, 15) is 10.5 Å². The molecule has 1 heterocycles. The van der Waals surface area contributed by atoms with E-state index >= 15 is 0 Å². The van der Waals surface area contributed by atoms with Gasteiger partial charge >= 0.3 is 0 Å². The third kappa shape index (κ3) is 1.94. The Morgan fingerprint density at radius 3 is 2.32 bits per heavy atom. The predicted octanol–water partition coefficient (Wildman–Crippen LogP) is 3.21. The zero-order chi connectivity index (χ0) is 18.5. The lowest BCUT2D eigenvalue weighted by atomic mass is 9.93. The highest BCUT2D eigenvalue weighted by atomic mass is 35.5. The molecular formula is C17H16Cl2N4O2. The Morgan fingerprint density at radius 1 is 1.20 bits per heavy atom. The minimum Gasteiger partial charge on any atom is -0.386 e. The van der Waals surface area contributed by atoms with Gasteiger partial charge in [-0.25, -0.2) is 4.99 Å². The van der Waals surface area contributed by atoms with Gasteiger partial charge in [0.25, 0.3) is 5.91 Å². The zero-order valence-corrected chi connectivity index (χ0v) is 15.2. The lowest BCUT2D eigenvalue weighted by Crippen LogP contribution is -2.43. The van der Waals surface area contributed by atoms with E-state index in [1.54, 1.807) is 32.0 Å². The summed E-state index contributed by atoms with van der Waals surface area (Å²) in [5.41, 5.74) is 3.94. The standard InChI is InChI=1S/C17H16Cl2N4O2/c1-3-24-17(25-4-2)16(9-21)13(15(16,8-20)14(22)23-17)11-6-5-10(18)7-12(11)19/h5-7,13H,3-4H2,1-2H3,(H2,22,23)/t13-,15+,16+/m0/s1. The van der Waals surface area contributed by atoms with Crippen molar-refractivity contribution in [1.82, 2.24) is 0 Å². The summed E-state index contributed by atoms with van der Waals surface area (Å²) in [7, 11) is 0. The Labute approximate surface area is 155 Å². The number of hydrogen-bond donors (Lipinski definition) is 1. The van der Waals surface area contributed by atoms with E-state index in [1.807, 2.05) is 0 Å². The molecule has 0 radical (unpaired) electrons. The molecule has 1 aromatic rings. The largest absolute Gasteiger partial charge is 0.386 e. The lowest BCUT2D eigenvalue weighted by Gasteiger charge is -2.31. The van der Waals surface area contributed by atoms with E-state index in [4.69, 9.17) is 38.4 Å².